The first-order chi connectivity index (χ1) is 10.1. The Bertz CT molecular complexity index is 589. The molecule has 2 rings (SSSR count). The predicted molar refractivity (Wildman–Crippen MR) is 85.8 cm³/mol. The van der Waals surface area contributed by atoms with Crippen molar-refractivity contribution in [3.05, 3.63) is 29.8 Å². The molecule has 0 aliphatic carbocycles. The molecule has 0 saturated heterocycles. The number of nitrogens with two attached hydrogens (primary N) is 1. The standard InChI is InChI=1S/C17H26FN3/c1-4-13(9-10-19)5-8-17-20-15-11-14(18)6-7-16(15)21(17)12(2)3/h6-7,11-13H,4-5,8-10,19H2,1-3H3. The lowest BCUT2D eigenvalue weighted by atomic mass is 9.96. The summed E-state index contributed by atoms with van der Waals surface area (Å²) in [6.07, 6.45) is 4.22. The van der Waals surface area contributed by atoms with E-state index in [4.69, 9.17) is 5.73 Å². The fourth-order valence-electron chi connectivity index (χ4n) is 3.00. The molecule has 0 aliphatic heterocycles. The van der Waals surface area contributed by atoms with Crippen molar-refractivity contribution < 1.29 is 4.39 Å². The van der Waals surface area contributed by atoms with Crippen LogP contribution in [-0.2, 0) is 6.42 Å². The van der Waals surface area contributed by atoms with Gasteiger partial charge in [-0.3, -0.25) is 0 Å². The normalized spacial score (nSPS) is 13.2. The molecule has 0 saturated carbocycles. The average molecular weight is 291 g/mol. The molecule has 2 aromatic rings. The van der Waals surface area contributed by atoms with Gasteiger partial charge in [0.15, 0.2) is 0 Å². The molecule has 0 aliphatic rings. The van der Waals surface area contributed by atoms with E-state index in [0.717, 1.165) is 49.1 Å². The summed E-state index contributed by atoms with van der Waals surface area (Å²) < 4.78 is 15.6. The molecule has 0 fully saturated rings. The van der Waals surface area contributed by atoms with Crippen molar-refractivity contribution in [2.75, 3.05) is 6.54 Å². The Hall–Kier alpha value is -1.42. The van der Waals surface area contributed by atoms with Gasteiger partial charge >= 0.3 is 0 Å². The largest absolute Gasteiger partial charge is 0.330 e. The Balaban J connectivity index is 2.27. The summed E-state index contributed by atoms with van der Waals surface area (Å²) in [5, 5.41) is 0. The molecule has 0 radical (unpaired) electrons. The van der Waals surface area contributed by atoms with Gasteiger partial charge in [-0.15, -0.1) is 0 Å². The highest BCUT2D eigenvalue weighted by Gasteiger charge is 2.15. The molecule has 0 amide bonds. The van der Waals surface area contributed by atoms with Crippen molar-refractivity contribution in [2.45, 2.75) is 52.5 Å². The molecule has 0 bridgehead atoms. The van der Waals surface area contributed by atoms with E-state index in [0.29, 0.717) is 12.0 Å². The quantitative estimate of drug-likeness (QED) is 0.836. The van der Waals surface area contributed by atoms with E-state index in [1.807, 2.05) is 6.07 Å². The summed E-state index contributed by atoms with van der Waals surface area (Å²) >= 11 is 0. The summed E-state index contributed by atoms with van der Waals surface area (Å²) in [5.74, 6) is 1.48. The van der Waals surface area contributed by atoms with Crippen LogP contribution in [0.2, 0.25) is 0 Å². The van der Waals surface area contributed by atoms with E-state index in [1.165, 1.54) is 12.1 Å². The number of rotatable bonds is 7. The second-order valence-electron chi connectivity index (χ2n) is 6.02. The van der Waals surface area contributed by atoms with Crippen LogP contribution in [0.25, 0.3) is 11.0 Å². The molecule has 1 atom stereocenters. The third-order valence-corrected chi connectivity index (χ3v) is 4.17. The van der Waals surface area contributed by atoms with Gasteiger partial charge in [-0.05, 0) is 51.3 Å². The fourth-order valence-corrected chi connectivity index (χ4v) is 3.00. The molecular weight excluding hydrogens is 265 g/mol. The molecule has 2 N–H and O–H groups in total. The first-order valence-electron chi connectivity index (χ1n) is 7.93. The van der Waals surface area contributed by atoms with Crippen LogP contribution in [0.1, 0.15) is 51.9 Å². The maximum Gasteiger partial charge on any atom is 0.125 e. The van der Waals surface area contributed by atoms with Crippen molar-refractivity contribution in [2.24, 2.45) is 11.7 Å². The van der Waals surface area contributed by atoms with E-state index in [-0.39, 0.29) is 5.82 Å². The fraction of sp³-hybridized carbons (Fsp3) is 0.588. The summed E-state index contributed by atoms with van der Waals surface area (Å²) in [5.41, 5.74) is 7.44. The number of aromatic nitrogens is 2. The molecule has 1 aromatic carbocycles. The van der Waals surface area contributed by atoms with Crippen molar-refractivity contribution in [3.8, 4) is 0 Å². The molecule has 3 nitrogen and oxygen atoms in total. The summed E-state index contributed by atoms with van der Waals surface area (Å²) in [7, 11) is 0. The van der Waals surface area contributed by atoms with E-state index < -0.39 is 0 Å². The summed E-state index contributed by atoms with van der Waals surface area (Å²) in [4.78, 5) is 4.65. The van der Waals surface area contributed by atoms with Crippen LogP contribution < -0.4 is 5.73 Å². The zero-order valence-corrected chi connectivity index (χ0v) is 13.3. The summed E-state index contributed by atoms with van der Waals surface area (Å²) in [6.45, 7) is 7.24. The van der Waals surface area contributed by atoms with Gasteiger partial charge in [0.05, 0.1) is 11.0 Å². The number of benzene rings is 1. The smallest absolute Gasteiger partial charge is 0.125 e. The Labute approximate surface area is 126 Å². The van der Waals surface area contributed by atoms with Gasteiger partial charge in [-0.2, -0.15) is 0 Å². The SMILES string of the molecule is CCC(CCN)CCc1nc2cc(F)ccc2n1C(C)C. The van der Waals surface area contributed by atoms with Crippen molar-refractivity contribution in [3.63, 3.8) is 0 Å². The van der Waals surface area contributed by atoms with Crippen LogP contribution in [0.4, 0.5) is 4.39 Å². The van der Waals surface area contributed by atoms with Gasteiger partial charge in [0, 0.05) is 18.5 Å². The van der Waals surface area contributed by atoms with Crippen LogP contribution in [0.3, 0.4) is 0 Å². The number of hydrogen-bond donors (Lipinski definition) is 1. The number of fused-ring (bicyclic) bond motifs is 1. The Morgan fingerprint density at radius 2 is 2.05 bits per heavy atom. The molecular formula is C17H26FN3. The third kappa shape index (κ3) is 3.62. The first-order valence-corrected chi connectivity index (χ1v) is 7.93. The van der Waals surface area contributed by atoms with Gasteiger partial charge in [0.1, 0.15) is 11.6 Å². The second-order valence-corrected chi connectivity index (χ2v) is 6.02. The monoisotopic (exact) mass is 291 g/mol. The highest BCUT2D eigenvalue weighted by Crippen LogP contribution is 2.24. The predicted octanol–water partition coefficient (Wildman–Crippen LogP) is 4.06. The van der Waals surface area contributed by atoms with Gasteiger partial charge in [-0.1, -0.05) is 13.3 Å². The topological polar surface area (TPSA) is 43.8 Å². The van der Waals surface area contributed by atoms with E-state index in [2.05, 4.69) is 30.3 Å². The zero-order chi connectivity index (χ0) is 15.4. The Morgan fingerprint density at radius 3 is 2.67 bits per heavy atom. The lowest BCUT2D eigenvalue weighted by Crippen LogP contribution is -2.12. The minimum absolute atomic E-state index is 0.225. The number of aryl methyl sites for hydroxylation is 1. The number of nitrogens with zero attached hydrogens (tertiary/aromatic N) is 2. The molecule has 1 aromatic heterocycles. The Kier molecular flexibility index (Phi) is 5.34. The van der Waals surface area contributed by atoms with Gasteiger partial charge < -0.3 is 10.3 Å². The minimum Gasteiger partial charge on any atom is -0.330 e. The molecule has 1 heterocycles. The number of imidazole rings is 1. The van der Waals surface area contributed by atoms with Crippen LogP contribution in [-0.4, -0.2) is 16.1 Å². The van der Waals surface area contributed by atoms with Crippen LogP contribution in [0.5, 0.6) is 0 Å². The third-order valence-electron chi connectivity index (χ3n) is 4.17. The Morgan fingerprint density at radius 1 is 1.29 bits per heavy atom. The molecule has 4 heteroatoms. The second kappa shape index (κ2) is 7.03. The van der Waals surface area contributed by atoms with Crippen molar-refractivity contribution >= 4 is 11.0 Å². The van der Waals surface area contributed by atoms with Gasteiger partial charge in [-0.25, -0.2) is 9.37 Å². The van der Waals surface area contributed by atoms with E-state index in [9.17, 15) is 4.39 Å². The highest BCUT2D eigenvalue weighted by atomic mass is 19.1. The number of halogens is 1. The van der Waals surface area contributed by atoms with Gasteiger partial charge in [0.25, 0.3) is 0 Å². The summed E-state index contributed by atoms with van der Waals surface area (Å²) in [6, 6.07) is 5.19. The van der Waals surface area contributed by atoms with Crippen molar-refractivity contribution in [1.82, 2.24) is 9.55 Å². The maximum absolute atomic E-state index is 13.4. The maximum atomic E-state index is 13.4. The first kappa shape index (κ1) is 16.0. The average Bonchev–Trinajstić information content (AvgIpc) is 2.80. The van der Waals surface area contributed by atoms with Crippen LogP contribution in [0.15, 0.2) is 18.2 Å². The molecule has 116 valence electrons. The molecule has 21 heavy (non-hydrogen) atoms. The zero-order valence-electron chi connectivity index (χ0n) is 13.3. The molecule has 0 spiro atoms. The highest BCUT2D eigenvalue weighted by molar-refractivity contribution is 5.76. The van der Waals surface area contributed by atoms with Gasteiger partial charge in [0.2, 0.25) is 0 Å². The minimum atomic E-state index is -0.225. The van der Waals surface area contributed by atoms with E-state index >= 15 is 0 Å². The lowest BCUT2D eigenvalue weighted by molar-refractivity contribution is 0.432. The van der Waals surface area contributed by atoms with Crippen LogP contribution in [0, 0.1) is 11.7 Å². The van der Waals surface area contributed by atoms with E-state index in [1.54, 1.807) is 0 Å². The van der Waals surface area contributed by atoms with Crippen LogP contribution >= 0.6 is 0 Å². The van der Waals surface area contributed by atoms with Crippen molar-refractivity contribution in [1.29, 1.82) is 0 Å². The number of hydrogen-bond acceptors (Lipinski definition) is 2. The lowest BCUT2D eigenvalue weighted by Gasteiger charge is -2.16. The molecule has 1 unspecified atom stereocenters.